The normalized spacial score (nSPS) is 24.1. The van der Waals surface area contributed by atoms with Gasteiger partial charge in [-0.05, 0) is 34.5 Å². The van der Waals surface area contributed by atoms with E-state index < -0.39 is 36.3 Å². The quantitative estimate of drug-likeness (QED) is 0.527. The molecule has 28 heavy (non-hydrogen) atoms. The van der Waals surface area contributed by atoms with Gasteiger partial charge >= 0.3 is 11.7 Å². The van der Waals surface area contributed by atoms with Crippen LogP contribution in [0.15, 0.2) is 39.7 Å². The van der Waals surface area contributed by atoms with Crippen molar-refractivity contribution in [1.29, 1.82) is 0 Å². The molecule has 0 amide bonds. The topological polar surface area (TPSA) is 103 Å². The van der Waals surface area contributed by atoms with Gasteiger partial charge in [-0.25, -0.2) is 9.18 Å². The fourth-order valence-corrected chi connectivity index (χ4v) is 3.41. The third kappa shape index (κ3) is 4.02. The Kier molecular flexibility index (Phi) is 5.99. The Bertz CT molecular complexity index is 938. The molecule has 4 atom stereocenters. The van der Waals surface area contributed by atoms with Crippen molar-refractivity contribution in [1.82, 2.24) is 9.55 Å². The Morgan fingerprint density at radius 1 is 1.46 bits per heavy atom. The molecular weight excluding hydrogens is 437 g/mol. The molecule has 0 spiro atoms. The second-order valence-corrected chi connectivity index (χ2v) is 7.12. The van der Waals surface area contributed by atoms with Crippen LogP contribution in [0.1, 0.15) is 26.5 Å². The van der Waals surface area contributed by atoms with Crippen molar-refractivity contribution in [2.45, 2.75) is 44.9 Å². The number of carbonyl (C=O) groups is 1. The number of phenolic OH excluding ortho intramolecular Hbond substituents is 1. The lowest BCUT2D eigenvalue weighted by molar-refractivity contribution is -0.151. The highest BCUT2D eigenvalue weighted by Gasteiger charge is 2.48. The number of nitrogens with one attached hydrogen (secondary N) is 1. The van der Waals surface area contributed by atoms with Gasteiger partial charge in [0.2, 0.25) is 0 Å². The first-order valence-electron chi connectivity index (χ1n) is 8.62. The van der Waals surface area contributed by atoms with Crippen LogP contribution in [0.3, 0.4) is 0 Å². The maximum atomic E-state index is 14.9. The maximum absolute atomic E-state index is 14.9. The number of benzene rings is 1. The Hall–Kier alpha value is -2.46. The molecule has 1 fully saturated rings. The molecule has 2 heterocycles. The van der Waals surface area contributed by atoms with E-state index in [0.29, 0.717) is 16.6 Å². The molecule has 2 aromatic rings. The zero-order valence-corrected chi connectivity index (χ0v) is 16.7. The predicted octanol–water partition coefficient (Wildman–Crippen LogP) is 3.03. The van der Waals surface area contributed by atoms with Crippen LogP contribution in [-0.2, 0) is 14.3 Å². The summed E-state index contributed by atoms with van der Waals surface area (Å²) in [6, 6.07) is 6.46. The number of ether oxygens (including phenoxy) is 2. The second kappa shape index (κ2) is 8.27. The largest absolute Gasteiger partial charge is 0.506 e. The molecular formula is C18H19BrFN3O5. The van der Waals surface area contributed by atoms with Gasteiger partial charge in [0.05, 0.1) is 10.2 Å². The van der Waals surface area contributed by atoms with E-state index in [1.165, 1.54) is 19.2 Å². The summed E-state index contributed by atoms with van der Waals surface area (Å²) in [6.45, 7) is 2.96. The summed E-state index contributed by atoms with van der Waals surface area (Å²) < 4.78 is 26.9. The number of esters is 1. The van der Waals surface area contributed by atoms with E-state index in [1.807, 2.05) is 0 Å². The van der Waals surface area contributed by atoms with Crippen molar-refractivity contribution in [3.63, 3.8) is 0 Å². The minimum absolute atomic E-state index is 0.0154. The van der Waals surface area contributed by atoms with Gasteiger partial charge in [0.25, 0.3) is 0 Å². The fraction of sp³-hybridized carbons (Fsp3) is 0.389. The van der Waals surface area contributed by atoms with Crippen LogP contribution in [-0.4, -0.2) is 39.0 Å². The zero-order valence-electron chi connectivity index (χ0n) is 15.1. The average molecular weight is 456 g/mol. The molecule has 0 saturated carbocycles. The fourth-order valence-electron chi connectivity index (χ4n) is 3.00. The van der Waals surface area contributed by atoms with Crippen molar-refractivity contribution < 1.29 is 23.8 Å². The monoisotopic (exact) mass is 455 g/mol. The molecule has 150 valence electrons. The van der Waals surface area contributed by atoms with Crippen molar-refractivity contribution in [3.05, 3.63) is 45.4 Å². The number of nitrogens with zero attached hydrogens (tertiary/aromatic N) is 2. The van der Waals surface area contributed by atoms with E-state index in [2.05, 4.69) is 26.2 Å². The van der Waals surface area contributed by atoms with E-state index in [0.717, 1.165) is 4.57 Å². The van der Waals surface area contributed by atoms with E-state index in [9.17, 15) is 19.1 Å². The lowest BCUT2D eigenvalue weighted by atomic mass is 10.1. The molecule has 2 N–H and O–H groups in total. The lowest BCUT2D eigenvalue weighted by Crippen LogP contribution is -2.35. The number of rotatable bonds is 5. The van der Waals surface area contributed by atoms with Crippen LogP contribution < -0.4 is 11.0 Å². The average Bonchev–Trinajstić information content (AvgIpc) is 2.95. The Balaban J connectivity index is 1.89. The first-order valence-corrected chi connectivity index (χ1v) is 9.41. The van der Waals surface area contributed by atoms with E-state index >= 15 is 0 Å². The van der Waals surface area contributed by atoms with E-state index in [-0.39, 0.29) is 11.6 Å². The smallest absolute Gasteiger partial charge is 0.351 e. The highest BCUT2D eigenvalue weighted by molar-refractivity contribution is 9.10. The summed E-state index contributed by atoms with van der Waals surface area (Å²) in [5, 5.41) is 12.7. The summed E-state index contributed by atoms with van der Waals surface area (Å²) in [6.07, 6.45) is -3.02. The minimum atomic E-state index is -1.72. The predicted molar refractivity (Wildman–Crippen MR) is 102 cm³/mol. The van der Waals surface area contributed by atoms with E-state index in [4.69, 9.17) is 9.47 Å². The van der Waals surface area contributed by atoms with Gasteiger partial charge in [-0.15, -0.1) is 0 Å². The Morgan fingerprint density at radius 3 is 2.82 bits per heavy atom. The molecule has 3 rings (SSSR count). The molecule has 0 radical (unpaired) electrons. The summed E-state index contributed by atoms with van der Waals surface area (Å²) in [7, 11) is 0. The van der Waals surface area contributed by atoms with Gasteiger partial charge in [-0.2, -0.15) is 4.98 Å². The number of para-hydroxylation sites is 2. The lowest BCUT2D eigenvalue weighted by Gasteiger charge is -2.18. The summed E-state index contributed by atoms with van der Waals surface area (Å²) in [5.74, 6) is -0.484. The molecule has 1 aliphatic heterocycles. The highest BCUT2D eigenvalue weighted by Crippen LogP contribution is 2.35. The second-order valence-electron chi connectivity index (χ2n) is 6.26. The number of alkyl halides is 1. The SMILES string of the molecule is CC[C@H]1O[C@@H](n2cc(Br)c(Nc3ccccc3O)nc2=O)C(F)[C@H]1OC(C)=O. The van der Waals surface area contributed by atoms with Crippen LogP contribution in [0.2, 0.25) is 0 Å². The van der Waals surface area contributed by atoms with Gasteiger partial charge in [0, 0.05) is 13.1 Å². The maximum Gasteiger partial charge on any atom is 0.351 e. The van der Waals surface area contributed by atoms with Crippen LogP contribution in [0.4, 0.5) is 15.9 Å². The molecule has 1 unspecified atom stereocenters. The zero-order chi connectivity index (χ0) is 20.4. The van der Waals surface area contributed by atoms with Crippen LogP contribution in [0.25, 0.3) is 0 Å². The molecule has 1 aromatic carbocycles. The first kappa shape index (κ1) is 20.3. The van der Waals surface area contributed by atoms with Gasteiger partial charge < -0.3 is 19.9 Å². The number of phenols is 1. The van der Waals surface area contributed by atoms with Gasteiger partial charge in [-0.3, -0.25) is 9.36 Å². The van der Waals surface area contributed by atoms with Crippen molar-refractivity contribution in [2.75, 3.05) is 5.32 Å². The summed E-state index contributed by atoms with van der Waals surface area (Å²) in [4.78, 5) is 27.7. The van der Waals surface area contributed by atoms with Gasteiger partial charge in [0.15, 0.2) is 24.3 Å². The minimum Gasteiger partial charge on any atom is -0.506 e. The molecule has 10 heteroatoms. The standard InChI is InChI=1S/C18H19BrFN3O5/c1-3-13-15(27-9(2)24)14(20)17(28-13)23-8-10(19)16(22-18(23)26)21-11-6-4-5-7-12(11)25/h4-8,13-15,17,25H,3H2,1-2H3,(H,21,22,26)/t13-,14?,15+,17-/m1/s1. The third-order valence-corrected chi connectivity index (χ3v) is 4.89. The van der Waals surface area contributed by atoms with Gasteiger partial charge in [-0.1, -0.05) is 19.1 Å². The molecule has 1 saturated heterocycles. The Labute approximate surface area is 168 Å². The van der Waals surface area contributed by atoms with Crippen molar-refractivity contribution in [2.24, 2.45) is 0 Å². The highest BCUT2D eigenvalue weighted by atomic mass is 79.9. The van der Waals surface area contributed by atoms with Crippen LogP contribution >= 0.6 is 15.9 Å². The van der Waals surface area contributed by atoms with Crippen LogP contribution in [0.5, 0.6) is 5.75 Å². The molecule has 0 bridgehead atoms. The number of carbonyl (C=O) groups excluding carboxylic acids is 1. The number of aromatic nitrogens is 2. The number of aromatic hydroxyl groups is 1. The van der Waals surface area contributed by atoms with Crippen LogP contribution in [0, 0.1) is 0 Å². The molecule has 1 aromatic heterocycles. The number of anilines is 2. The molecule has 8 nitrogen and oxygen atoms in total. The molecule has 1 aliphatic rings. The number of halogens is 2. The summed E-state index contributed by atoms with van der Waals surface area (Å²) >= 11 is 3.29. The number of hydrogen-bond donors (Lipinski definition) is 2. The van der Waals surface area contributed by atoms with Crippen molar-refractivity contribution >= 4 is 33.4 Å². The van der Waals surface area contributed by atoms with Gasteiger partial charge in [0.1, 0.15) is 11.9 Å². The first-order chi connectivity index (χ1) is 13.3. The molecule has 0 aliphatic carbocycles. The van der Waals surface area contributed by atoms with E-state index in [1.54, 1.807) is 25.1 Å². The Morgan fingerprint density at radius 2 is 2.18 bits per heavy atom. The number of hydrogen-bond acceptors (Lipinski definition) is 7. The third-order valence-electron chi connectivity index (χ3n) is 4.31. The summed E-state index contributed by atoms with van der Waals surface area (Å²) in [5.41, 5.74) is -0.401. The van der Waals surface area contributed by atoms with Crippen molar-refractivity contribution in [3.8, 4) is 5.75 Å².